The number of nitrogens with one attached hydrogen (secondary N) is 1. The molecule has 0 aromatic heterocycles. The number of imide groups is 1. The predicted octanol–water partition coefficient (Wildman–Crippen LogP) is 2.23. The van der Waals surface area contributed by atoms with Crippen LogP contribution >= 0.6 is 0 Å². The molecule has 0 unspecified atom stereocenters. The van der Waals surface area contributed by atoms with Gasteiger partial charge in [-0.2, -0.15) is 0 Å². The van der Waals surface area contributed by atoms with Crippen LogP contribution in [0.2, 0.25) is 0 Å². The van der Waals surface area contributed by atoms with Gasteiger partial charge in [0.2, 0.25) is 21.8 Å². The third-order valence-corrected chi connectivity index (χ3v) is 6.04. The van der Waals surface area contributed by atoms with Crippen LogP contribution in [0.5, 0.6) is 11.5 Å². The van der Waals surface area contributed by atoms with Gasteiger partial charge in [0.25, 0.3) is 0 Å². The summed E-state index contributed by atoms with van der Waals surface area (Å²) in [5.74, 6) is -0.0351. The molecule has 1 aliphatic rings. The fraction of sp³-hybridized carbons (Fsp3) is 0.300. The van der Waals surface area contributed by atoms with E-state index in [-0.39, 0.29) is 47.5 Å². The third-order valence-electron chi connectivity index (χ3n) is 4.62. The second kappa shape index (κ2) is 8.62. The Bertz CT molecular complexity index is 1020. The van der Waals surface area contributed by atoms with Crippen LogP contribution in [0.25, 0.3) is 0 Å². The molecule has 1 N–H and O–H groups in total. The van der Waals surface area contributed by atoms with E-state index in [0.717, 1.165) is 4.90 Å². The zero-order chi connectivity index (χ0) is 21.0. The largest absolute Gasteiger partial charge is 0.496 e. The molecule has 9 heteroatoms. The number of anilines is 1. The number of ether oxygens (including phenoxy) is 2. The van der Waals surface area contributed by atoms with Crippen LogP contribution < -0.4 is 19.1 Å². The van der Waals surface area contributed by atoms with Gasteiger partial charge in [0.05, 0.1) is 19.9 Å². The summed E-state index contributed by atoms with van der Waals surface area (Å²) >= 11 is 0. The highest BCUT2D eigenvalue weighted by Crippen LogP contribution is 2.31. The van der Waals surface area contributed by atoms with Crippen LogP contribution in [0, 0.1) is 0 Å². The molecule has 29 heavy (non-hydrogen) atoms. The Balaban J connectivity index is 1.93. The van der Waals surface area contributed by atoms with Crippen molar-refractivity contribution in [3.05, 3.63) is 48.0 Å². The molecule has 1 heterocycles. The van der Waals surface area contributed by atoms with Crippen LogP contribution in [0.4, 0.5) is 5.69 Å². The summed E-state index contributed by atoms with van der Waals surface area (Å²) in [5, 5.41) is 0. The fourth-order valence-electron chi connectivity index (χ4n) is 3.16. The number of amides is 2. The number of para-hydroxylation sites is 1. The van der Waals surface area contributed by atoms with Crippen LogP contribution in [0.1, 0.15) is 24.8 Å². The number of carbonyl (C=O) groups excluding carboxylic acids is 2. The number of piperidine rings is 1. The maximum atomic E-state index is 13.0. The average Bonchev–Trinajstić information content (AvgIpc) is 2.72. The molecule has 154 valence electrons. The molecule has 0 radical (unpaired) electrons. The van der Waals surface area contributed by atoms with Gasteiger partial charge in [-0.05, 0) is 30.7 Å². The van der Waals surface area contributed by atoms with E-state index in [1.807, 2.05) is 0 Å². The van der Waals surface area contributed by atoms with Crippen molar-refractivity contribution in [2.45, 2.75) is 30.7 Å². The molecular formula is C20H22N2O6S. The third kappa shape index (κ3) is 4.41. The molecule has 0 spiro atoms. The van der Waals surface area contributed by atoms with E-state index in [4.69, 9.17) is 9.47 Å². The van der Waals surface area contributed by atoms with E-state index in [1.54, 1.807) is 24.3 Å². The van der Waals surface area contributed by atoms with Gasteiger partial charge in [-0.15, -0.1) is 0 Å². The van der Waals surface area contributed by atoms with Crippen molar-refractivity contribution in [3.63, 3.8) is 0 Å². The molecule has 0 saturated carbocycles. The molecule has 0 bridgehead atoms. The lowest BCUT2D eigenvalue weighted by molar-refractivity contribution is -0.129. The summed E-state index contributed by atoms with van der Waals surface area (Å²) in [6.45, 7) is 0.00129. The van der Waals surface area contributed by atoms with Crippen LogP contribution in [-0.4, -0.2) is 34.5 Å². The quantitative estimate of drug-likeness (QED) is 0.692. The number of methoxy groups -OCH3 is 2. The number of nitrogens with zero attached hydrogens (tertiary/aromatic N) is 1. The second-order valence-electron chi connectivity index (χ2n) is 6.45. The van der Waals surface area contributed by atoms with Crippen molar-refractivity contribution >= 4 is 27.5 Å². The van der Waals surface area contributed by atoms with Crippen molar-refractivity contribution in [1.29, 1.82) is 0 Å². The zero-order valence-corrected chi connectivity index (χ0v) is 17.0. The summed E-state index contributed by atoms with van der Waals surface area (Å²) in [4.78, 5) is 25.3. The van der Waals surface area contributed by atoms with E-state index in [0.29, 0.717) is 17.7 Å². The number of rotatable bonds is 7. The normalized spacial score (nSPS) is 14.8. The summed E-state index contributed by atoms with van der Waals surface area (Å²) in [7, 11) is -1.14. The Morgan fingerprint density at radius 3 is 2.28 bits per heavy atom. The van der Waals surface area contributed by atoms with Gasteiger partial charge >= 0.3 is 0 Å². The van der Waals surface area contributed by atoms with Crippen molar-refractivity contribution < 1.29 is 27.5 Å². The van der Waals surface area contributed by atoms with Gasteiger partial charge in [0, 0.05) is 24.9 Å². The van der Waals surface area contributed by atoms with Gasteiger partial charge < -0.3 is 9.47 Å². The molecule has 0 atom stereocenters. The fourth-order valence-corrected chi connectivity index (χ4v) is 4.35. The van der Waals surface area contributed by atoms with Gasteiger partial charge in [-0.1, -0.05) is 18.2 Å². The molecule has 1 saturated heterocycles. The molecule has 1 aliphatic heterocycles. The number of sulfonamides is 1. The second-order valence-corrected chi connectivity index (χ2v) is 8.18. The maximum absolute atomic E-state index is 13.0. The molecule has 2 aromatic rings. The highest BCUT2D eigenvalue weighted by atomic mass is 32.2. The molecule has 8 nitrogen and oxygen atoms in total. The van der Waals surface area contributed by atoms with Crippen LogP contribution in [-0.2, 0) is 26.2 Å². The van der Waals surface area contributed by atoms with E-state index in [1.165, 1.54) is 32.4 Å². The predicted molar refractivity (Wildman–Crippen MR) is 106 cm³/mol. The molecule has 3 rings (SSSR count). The average molecular weight is 418 g/mol. The van der Waals surface area contributed by atoms with E-state index >= 15 is 0 Å². The van der Waals surface area contributed by atoms with Gasteiger partial charge in [0.15, 0.2) is 0 Å². The van der Waals surface area contributed by atoms with Gasteiger partial charge in [0.1, 0.15) is 16.4 Å². The first-order valence-electron chi connectivity index (χ1n) is 9.02. The maximum Gasteiger partial charge on any atom is 0.244 e. The molecule has 0 aliphatic carbocycles. The molecule has 2 amide bonds. The number of carbonyl (C=O) groups is 2. The minimum atomic E-state index is -4.00. The number of benzene rings is 2. The summed E-state index contributed by atoms with van der Waals surface area (Å²) in [6, 6.07) is 11.3. The SMILES string of the molecule is COc1ccccc1CNS(=O)(=O)c1cc(N2C(=O)CCCC2=O)ccc1OC. The highest BCUT2D eigenvalue weighted by Gasteiger charge is 2.29. The Hall–Kier alpha value is -2.91. The standard InChI is InChI=1S/C20H22N2O6S/c1-27-16-7-4-3-6-14(16)13-21-29(25,26)18-12-15(10-11-17(18)28-2)22-19(23)8-5-9-20(22)24/h3-4,6-7,10-12,21H,5,8-9,13H2,1-2H3. The van der Waals surface area contributed by atoms with E-state index in [9.17, 15) is 18.0 Å². The first kappa shape index (κ1) is 20.8. The zero-order valence-electron chi connectivity index (χ0n) is 16.2. The molecule has 1 fully saturated rings. The molecular weight excluding hydrogens is 396 g/mol. The minimum Gasteiger partial charge on any atom is -0.496 e. The first-order valence-corrected chi connectivity index (χ1v) is 10.5. The summed E-state index contributed by atoms with van der Waals surface area (Å²) < 4.78 is 38.9. The lowest BCUT2D eigenvalue weighted by Crippen LogP contribution is -2.40. The van der Waals surface area contributed by atoms with Crippen LogP contribution in [0.3, 0.4) is 0 Å². The van der Waals surface area contributed by atoms with Crippen molar-refractivity contribution in [2.24, 2.45) is 0 Å². The highest BCUT2D eigenvalue weighted by molar-refractivity contribution is 7.89. The van der Waals surface area contributed by atoms with Gasteiger partial charge in [-0.25, -0.2) is 13.1 Å². The molecule has 2 aromatic carbocycles. The minimum absolute atomic E-state index is 0.00129. The first-order chi connectivity index (χ1) is 13.9. The number of hydrogen-bond acceptors (Lipinski definition) is 6. The lowest BCUT2D eigenvalue weighted by Gasteiger charge is -2.25. The summed E-state index contributed by atoms with van der Waals surface area (Å²) in [5.41, 5.74) is 0.869. The Labute approximate surface area is 169 Å². The topological polar surface area (TPSA) is 102 Å². The van der Waals surface area contributed by atoms with E-state index in [2.05, 4.69) is 4.72 Å². The monoisotopic (exact) mass is 418 g/mol. The number of hydrogen-bond donors (Lipinski definition) is 1. The van der Waals surface area contributed by atoms with Crippen molar-refractivity contribution in [2.75, 3.05) is 19.1 Å². The van der Waals surface area contributed by atoms with Gasteiger partial charge in [-0.3, -0.25) is 14.5 Å². The smallest absolute Gasteiger partial charge is 0.244 e. The van der Waals surface area contributed by atoms with E-state index < -0.39 is 10.0 Å². The Morgan fingerprint density at radius 1 is 0.966 bits per heavy atom. The lowest BCUT2D eigenvalue weighted by atomic mass is 10.1. The van der Waals surface area contributed by atoms with Crippen LogP contribution in [0.15, 0.2) is 47.4 Å². The Kier molecular flexibility index (Phi) is 6.19. The Morgan fingerprint density at radius 2 is 1.62 bits per heavy atom. The van der Waals surface area contributed by atoms with Crippen molar-refractivity contribution in [1.82, 2.24) is 4.72 Å². The van der Waals surface area contributed by atoms with Crippen molar-refractivity contribution in [3.8, 4) is 11.5 Å². The summed E-state index contributed by atoms with van der Waals surface area (Å²) in [6.07, 6.45) is 0.980.